The summed E-state index contributed by atoms with van der Waals surface area (Å²) >= 11 is 1.02. The molecule has 34 heavy (non-hydrogen) atoms. The maximum Gasteiger partial charge on any atom is 0.237 e. The second kappa shape index (κ2) is 10.1. The topological polar surface area (TPSA) is 59.8 Å². The number of nitrogens with zero attached hydrogens (tertiary/aromatic N) is 3. The van der Waals surface area contributed by atoms with Gasteiger partial charge in [0.05, 0.1) is 23.0 Å². The minimum Gasteiger partial charge on any atom is -0.323 e. The number of benzene rings is 3. The third kappa shape index (κ3) is 4.96. The molecule has 4 rings (SSSR count). The van der Waals surface area contributed by atoms with E-state index < -0.39 is 40.1 Å². The van der Waals surface area contributed by atoms with Gasteiger partial charge in [-0.1, -0.05) is 54.2 Å². The van der Waals surface area contributed by atoms with E-state index in [1.165, 1.54) is 6.07 Å². The molecule has 0 bridgehead atoms. The van der Waals surface area contributed by atoms with Crippen LogP contribution >= 0.6 is 11.8 Å². The Bertz CT molecular complexity index is 1330. The molecule has 1 unspecified atom stereocenters. The Morgan fingerprint density at radius 2 is 1.62 bits per heavy atom. The van der Waals surface area contributed by atoms with Gasteiger partial charge in [0.25, 0.3) is 0 Å². The molecule has 0 saturated carbocycles. The van der Waals surface area contributed by atoms with Crippen LogP contribution in [-0.2, 0) is 11.3 Å². The number of carbonyl (C=O) groups is 1. The van der Waals surface area contributed by atoms with Crippen LogP contribution in [0.4, 0.5) is 23.2 Å². The van der Waals surface area contributed by atoms with E-state index in [4.69, 9.17) is 0 Å². The molecule has 1 N–H and O–H groups in total. The molecule has 0 aliphatic heterocycles. The van der Waals surface area contributed by atoms with E-state index in [2.05, 4.69) is 15.5 Å². The average molecular weight is 486 g/mol. The van der Waals surface area contributed by atoms with Gasteiger partial charge in [-0.2, -0.15) is 0 Å². The number of thioether (sulfide) groups is 1. The van der Waals surface area contributed by atoms with E-state index in [1.54, 1.807) is 29.7 Å². The highest BCUT2D eigenvalue weighted by Gasteiger charge is 2.24. The summed E-state index contributed by atoms with van der Waals surface area (Å²) in [5.41, 5.74) is 0.676. The summed E-state index contributed by atoms with van der Waals surface area (Å²) in [5, 5.41) is 10.1. The van der Waals surface area contributed by atoms with Gasteiger partial charge in [-0.15, -0.1) is 10.2 Å². The van der Waals surface area contributed by atoms with Crippen molar-refractivity contribution in [2.75, 3.05) is 5.32 Å². The van der Waals surface area contributed by atoms with Gasteiger partial charge in [0.15, 0.2) is 28.4 Å². The molecule has 0 saturated heterocycles. The number of carbonyl (C=O) groups excluding carboxylic acids is 1. The zero-order valence-electron chi connectivity index (χ0n) is 17.8. The number of amides is 1. The predicted molar refractivity (Wildman–Crippen MR) is 121 cm³/mol. The van der Waals surface area contributed by atoms with Crippen LogP contribution in [-0.4, -0.2) is 25.9 Å². The predicted octanol–water partition coefficient (Wildman–Crippen LogP) is 5.67. The molecule has 5 nitrogen and oxygen atoms in total. The first-order valence-electron chi connectivity index (χ1n) is 10.2. The van der Waals surface area contributed by atoms with Crippen molar-refractivity contribution in [1.29, 1.82) is 0 Å². The lowest BCUT2D eigenvalue weighted by Crippen LogP contribution is -2.24. The molecule has 0 radical (unpaired) electrons. The highest BCUT2D eigenvalue weighted by molar-refractivity contribution is 8.00. The van der Waals surface area contributed by atoms with Gasteiger partial charge in [0.1, 0.15) is 5.82 Å². The van der Waals surface area contributed by atoms with Gasteiger partial charge < -0.3 is 5.32 Å². The monoisotopic (exact) mass is 486 g/mol. The molecule has 0 spiro atoms. The van der Waals surface area contributed by atoms with Gasteiger partial charge in [-0.05, 0) is 36.8 Å². The lowest BCUT2D eigenvalue weighted by molar-refractivity contribution is -0.115. The molecule has 1 aromatic heterocycles. The van der Waals surface area contributed by atoms with Crippen LogP contribution in [0.3, 0.4) is 0 Å². The molecular formula is C24H18F4N4OS. The number of hydrogen-bond acceptors (Lipinski definition) is 4. The van der Waals surface area contributed by atoms with Crippen LogP contribution in [0.15, 0.2) is 71.9 Å². The van der Waals surface area contributed by atoms with Crippen LogP contribution in [0, 0.1) is 23.3 Å². The molecule has 174 valence electrons. The minimum atomic E-state index is -1.67. The van der Waals surface area contributed by atoms with Crippen LogP contribution < -0.4 is 5.32 Å². The van der Waals surface area contributed by atoms with E-state index in [0.717, 1.165) is 29.5 Å². The molecule has 1 amide bonds. The fraction of sp³-hybridized carbons (Fsp3) is 0.125. The van der Waals surface area contributed by atoms with E-state index in [9.17, 15) is 22.4 Å². The molecule has 0 aliphatic rings. The largest absolute Gasteiger partial charge is 0.323 e. The zero-order valence-corrected chi connectivity index (χ0v) is 18.6. The Morgan fingerprint density at radius 3 is 2.35 bits per heavy atom. The summed E-state index contributed by atoms with van der Waals surface area (Å²) in [6.07, 6.45) is 0. The third-order valence-electron chi connectivity index (χ3n) is 4.96. The van der Waals surface area contributed by atoms with Crippen molar-refractivity contribution in [3.63, 3.8) is 0 Å². The molecule has 0 aliphatic carbocycles. The minimum absolute atomic E-state index is 0.249. The molecule has 4 aromatic rings. The van der Waals surface area contributed by atoms with E-state index in [0.29, 0.717) is 11.7 Å². The van der Waals surface area contributed by atoms with E-state index in [-0.39, 0.29) is 11.4 Å². The molecule has 1 atom stereocenters. The Labute approximate surface area is 196 Å². The summed E-state index contributed by atoms with van der Waals surface area (Å²) in [5.74, 6) is -5.36. The van der Waals surface area contributed by atoms with Crippen LogP contribution in [0.5, 0.6) is 0 Å². The van der Waals surface area contributed by atoms with Gasteiger partial charge in [-0.3, -0.25) is 9.36 Å². The molecule has 3 aromatic carbocycles. The molecule has 10 heteroatoms. The van der Waals surface area contributed by atoms with Crippen molar-refractivity contribution >= 4 is 23.4 Å². The van der Waals surface area contributed by atoms with Crippen molar-refractivity contribution in [2.24, 2.45) is 0 Å². The standard InChI is InChI=1S/C24H18F4N4OS/c1-14(23(33)29-19-12-11-18(26)20(27)21(19)28)34-24-31-30-22(16-9-5-6-10-17(16)25)32(24)13-15-7-3-2-4-8-15/h2-12,14H,13H2,1H3,(H,29,33). The maximum atomic E-state index is 14.5. The Balaban J connectivity index is 1.61. The quantitative estimate of drug-likeness (QED) is 0.208. The van der Waals surface area contributed by atoms with E-state index in [1.807, 2.05) is 30.3 Å². The number of rotatable bonds is 7. The smallest absolute Gasteiger partial charge is 0.237 e. The average Bonchev–Trinajstić information content (AvgIpc) is 3.22. The van der Waals surface area contributed by atoms with Gasteiger partial charge in [0.2, 0.25) is 5.91 Å². The number of anilines is 1. The lowest BCUT2D eigenvalue weighted by Gasteiger charge is -2.15. The van der Waals surface area contributed by atoms with E-state index >= 15 is 0 Å². The van der Waals surface area contributed by atoms with Crippen LogP contribution in [0.1, 0.15) is 12.5 Å². The number of halogens is 4. The number of nitrogens with one attached hydrogen (secondary N) is 1. The SMILES string of the molecule is CC(Sc1nnc(-c2ccccc2F)n1Cc1ccccc1)C(=O)Nc1ccc(F)c(F)c1F. The Kier molecular flexibility index (Phi) is 6.97. The van der Waals surface area contributed by atoms with Crippen molar-refractivity contribution in [2.45, 2.75) is 23.9 Å². The summed E-state index contributed by atoms with van der Waals surface area (Å²) in [4.78, 5) is 12.6. The highest BCUT2D eigenvalue weighted by atomic mass is 32.2. The Hall–Kier alpha value is -3.66. The Morgan fingerprint density at radius 1 is 0.912 bits per heavy atom. The van der Waals surface area contributed by atoms with Gasteiger partial charge in [-0.25, -0.2) is 17.6 Å². The number of aromatic nitrogens is 3. The van der Waals surface area contributed by atoms with Gasteiger partial charge >= 0.3 is 0 Å². The number of hydrogen-bond donors (Lipinski definition) is 1. The molecule has 1 heterocycles. The maximum absolute atomic E-state index is 14.5. The zero-order chi connectivity index (χ0) is 24.2. The fourth-order valence-corrected chi connectivity index (χ4v) is 4.04. The third-order valence-corrected chi connectivity index (χ3v) is 6.04. The van der Waals surface area contributed by atoms with Gasteiger partial charge in [0, 0.05) is 0 Å². The van der Waals surface area contributed by atoms with Crippen molar-refractivity contribution in [3.8, 4) is 11.4 Å². The first kappa shape index (κ1) is 23.5. The summed E-state index contributed by atoms with van der Waals surface area (Å²) in [7, 11) is 0. The first-order valence-corrected chi connectivity index (χ1v) is 11.1. The van der Waals surface area contributed by atoms with Crippen molar-refractivity contribution in [1.82, 2.24) is 14.8 Å². The summed E-state index contributed by atoms with van der Waals surface area (Å²) < 4.78 is 56.8. The molecule has 0 fully saturated rings. The van der Waals surface area contributed by atoms with Crippen molar-refractivity contribution < 1.29 is 22.4 Å². The summed E-state index contributed by atoms with van der Waals surface area (Å²) in [6.45, 7) is 1.86. The lowest BCUT2D eigenvalue weighted by atomic mass is 10.2. The summed E-state index contributed by atoms with van der Waals surface area (Å²) in [6, 6.07) is 17.2. The fourth-order valence-electron chi connectivity index (χ4n) is 3.19. The molecular weight excluding hydrogens is 468 g/mol. The van der Waals surface area contributed by atoms with Crippen LogP contribution in [0.2, 0.25) is 0 Å². The second-order valence-electron chi connectivity index (χ2n) is 7.33. The second-order valence-corrected chi connectivity index (χ2v) is 8.64. The van der Waals surface area contributed by atoms with Crippen LogP contribution in [0.25, 0.3) is 11.4 Å². The normalized spacial score (nSPS) is 11.9. The highest BCUT2D eigenvalue weighted by Crippen LogP contribution is 2.30. The van der Waals surface area contributed by atoms with Crippen molar-refractivity contribution in [3.05, 3.63) is 95.6 Å². The first-order chi connectivity index (χ1) is 16.3.